The van der Waals surface area contributed by atoms with Crippen molar-refractivity contribution in [2.45, 2.75) is 25.6 Å². The van der Waals surface area contributed by atoms with Crippen LogP contribution in [-0.2, 0) is 20.9 Å². The van der Waals surface area contributed by atoms with Crippen LogP contribution in [0, 0.1) is 5.92 Å². The molecule has 0 amide bonds. The van der Waals surface area contributed by atoms with Crippen molar-refractivity contribution in [1.29, 1.82) is 0 Å². The van der Waals surface area contributed by atoms with E-state index in [2.05, 4.69) is 4.90 Å². The Morgan fingerprint density at radius 3 is 2.50 bits per heavy atom. The van der Waals surface area contributed by atoms with Crippen molar-refractivity contribution in [1.82, 2.24) is 4.90 Å². The maximum Gasteiger partial charge on any atom is 0.308 e. The van der Waals surface area contributed by atoms with Crippen molar-refractivity contribution in [3.05, 3.63) is 29.8 Å². The van der Waals surface area contributed by atoms with E-state index < -0.39 is 6.10 Å². The Hall–Kier alpha value is -1.63. The van der Waals surface area contributed by atoms with Crippen molar-refractivity contribution < 1.29 is 24.1 Å². The molecule has 134 valence electrons. The van der Waals surface area contributed by atoms with Gasteiger partial charge in [0.2, 0.25) is 0 Å². The van der Waals surface area contributed by atoms with E-state index in [1.807, 2.05) is 24.3 Å². The minimum Gasteiger partial charge on any atom is -0.497 e. The largest absolute Gasteiger partial charge is 0.497 e. The maximum absolute atomic E-state index is 11.5. The number of ether oxygens (including phenoxy) is 3. The minimum atomic E-state index is -0.530. The molecule has 6 nitrogen and oxygen atoms in total. The third-order valence-corrected chi connectivity index (χ3v) is 4.33. The molecule has 6 heteroatoms. The molecule has 1 aliphatic rings. The summed E-state index contributed by atoms with van der Waals surface area (Å²) in [5, 5.41) is 10.1. The number of aliphatic hydroxyl groups excluding tert-OH is 1. The van der Waals surface area contributed by atoms with Crippen LogP contribution in [0.25, 0.3) is 0 Å². The van der Waals surface area contributed by atoms with E-state index in [9.17, 15) is 9.90 Å². The van der Waals surface area contributed by atoms with Gasteiger partial charge >= 0.3 is 5.97 Å². The molecule has 0 radical (unpaired) electrons. The van der Waals surface area contributed by atoms with Crippen LogP contribution in [0.15, 0.2) is 24.3 Å². The van der Waals surface area contributed by atoms with Crippen LogP contribution in [0.4, 0.5) is 0 Å². The van der Waals surface area contributed by atoms with Gasteiger partial charge in [0.25, 0.3) is 0 Å². The third kappa shape index (κ3) is 5.78. The van der Waals surface area contributed by atoms with E-state index in [1.54, 1.807) is 7.11 Å². The minimum absolute atomic E-state index is 0.00489. The quantitative estimate of drug-likeness (QED) is 0.725. The number of esters is 1. The number of hydrogen-bond acceptors (Lipinski definition) is 6. The topological polar surface area (TPSA) is 68.2 Å². The highest BCUT2D eigenvalue weighted by molar-refractivity contribution is 5.72. The van der Waals surface area contributed by atoms with Gasteiger partial charge in [0, 0.05) is 6.54 Å². The summed E-state index contributed by atoms with van der Waals surface area (Å²) in [6, 6.07) is 7.67. The molecule has 0 aromatic heterocycles. The summed E-state index contributed by atoms with van der Waals surface area (Å²) in [5.74, 6) is 0.682. The molecule has 0 saturated carbocycles. The molecule has 1 aromatic carbocycles. The summed E-state index contributed by atoms with van der Waals surface area (Å²) >= 11 is 0. The van der Waals surface area contributed by atoms with Crippen LogP contribution in [0.5, 0.6) is 5.75 Å². The molecule has 1 N–H and O–H groups in total. The summed E-state index contributed by atoms with van der Waals surface area (Å²) in [7, 11) is 3.06. The number of aliphatic hydroxyl groups is 1. The van der Waals surface area contributed by atoms with Gasteiger partial charge in [-0.3, -0.25) is 4.79 Å². The van der Waals surface area contributed by atoms with E-state index in [0.717, 1.165) is 37.2 Å². The summed E-state index contributed by atoms with van der Waals surface area (Å²) in [6.45, 7) is 2.93. The Morgan fingerprint density at radius 2 is 1.92 bits per heavy atom. The lowest BCUT2D eigenvalue weighted by Crippen LogP contribution is -2.41. The molecule has 0 unspecified atom stereocenters. The van der Waals surface area contributed by atoms with Gasteiger partial charge in [0.15, 0.2) is 0 Å². The number of β-amino-alcohol motifs (C(OH)–C–C–N with tert-alkyl or cyclic N) is 1. The lowest BCUT2D eigenvalue weighted by Gasteiger charge is -2.31. The van der Waals surface area contributed by atoms with Crippen molar-refractivity contribution >= 4 is 5.97 Å². The van der Waals surface area contributed by atoms with Gasteiger partial charge in [0.1, 0.15) is 5.75 Å². The van der Waals surface area contributed by atoms with Gasteiger partial charge in [-0.15, -0.1) is 0 Å². The van der Waals surface area contributed by atoms with Gasteiger partial charge < -0.3 is 24.2 Å². The molecule has 1 heterocycles. The highest BCUT2D eigenvalue weighted by Crippen LogP contribution is 2.18. The van der Waals surface area contributed by atoms with E-state index in [0.29, 0.717) is 19.8 Å². The third-order valence-electron chi connectivity index (χ3n) is 4.33. The predicted molar refractivity (Wildman–Crippen MR) is 89.8 cm³/mol. The molecule has 0 spiro atoms. The average molecular weight is 337 g/mol. The van der Waals surface area contributed by atoms with Crippen LogP contribution < -0.4 is 4.74 Å². The second kappa shape index (κ2) is 9.61. The van der Waals surface area contributed by atoms with E-state index in [1.165, 1.54) is 7.11 Å². The van der Waals surface area contributed by atoms with Gasteiger partial charge in [-0.2, -0.15) is 0 Å². The highest BCUT2D eigenvalue weighted by atomic mass is 16.5. The van der Waals surface area contributed by atoms with Crippen LogP contribution in [0.3, 0.4) is 0 Å². The normalized spacial score (nSPS) is 17.5. The Labute approximate surface area is 143 Å². The maximum atomic E-state index is 11.5. The Balaban J connectivity index is 1.63. The van der Waals surface area contributed by atoms with Crippen LogP contribution in [0.2, 0.25) is 0 Å². The first kappa shape index (κ1) is 18.7. The van der Waals surface area contributed by atoms with E-state index in [4.69, 9.17) is 14.2 Å². The van der Waals surface area contributed by atoms with Gasteiger partial charge in [-0.25, -0.2) is 0 Å². The molecule has 1 saturated heterocycles. The smallest absolute Gasteiger partial charge is 0.308 e. The SMILES string of the molecule is COC(=O)C1CCN(C[C@@H](O)COCc2ccc(OC)cc2)CC1. The summed E-state index contributed by atoms with van der Waals surface area (Å²) in [6.07, 6.45) is 1.04. The number of methoxy groups -OCH3 is 2. The fraction of sp³-hybridized carbons (Fsp3) is 0.611. The first-order valence-corrected chi connectivity index (χ1v) is 8.31. The summed E-state index contributed by atoms with van der Waals surface area (Å²) in [4.78, 5) is 13.7. The molecular weight excluding hydrogens is 310 g/mol. The first-order chi connectivity index (χ1) is 11.6. The second-order valence-electron chi connectivity index (χ2n) is 6.12. The first-order valence-electron chi connectivity index (χ1n) is 8.31. The number of rotatable bonds is 8. The molecule has 1 aliphatic heterocycles. The predicted octanol–water partition coefficient (Wildman–Crippen LogP) is 1.46. The summed E-state index contributed by atoms with van der Waals surface area (Å²) < 4.78 is 15.5. The molecule has 2 rings (SSSR count). The fourth-order valence-electron chi connectivity index (χ4n) is 2.90. The number of piperidine rings is 1. The highest BCUT2D eigenvalue weighted by Gasteiger charge is 2.26. The van der Waals surface area contributed by atoms with Crippen molar-refractivity contribution in [2.75, 3.05) is 40.5 Å². The molecule has 1 fully saturated rings. The Bertz CT molecular complexity index is 497. The zero-order valence-corrected chi connectivity index (χ0v) is 14.4. The van der Waals surface area contributed by atoms with Gasteiger partial charge in [-0.1, -0.05) is 12.1 Å². The molecule has 0 bridgehead atoms. The fourth-order valence-corrected chi connectivity index (χ4v) is 2.90. The second-order valence-corrected chi connectivity index (χ2v) is 6.12. The van der Waals surface area contributed by atoms with E-state index >= 15 is 0 Å². The molecule has 24 heavy (non-hydrogen) atoms. The number of likely N-dealkylation sites (tertiary alicyclic amines) is 1. The zero-order chi connectivity index (χ0) is 17.4. The lowest BCUT2D eigenvalue weighted by atomic mass is 9.97. The summed E-state index contributed by atoms with van der Waals surface area (Å²) in [5.41, 5.74) is 1.04. The number of nitrogens with zero attached hydrogens (tertiary/aromatic N) is 1. The van der Waals surface area contributed by atoms with Gasteiger partial charge in [0.05, 0.1) is 39.5 Å². The van der Waals surface area contributed by atoms with Crippen molar-refractivity contribution in [3.8, 4) is 5.75 Å². The number of carbonyl (C=O) groups excluding carboxylic acids is 1. The number of carbonyl (C=O) groups is 1. The zero-order valence-electron chi connectivity index (χ0n) is 14.4. The Morgan fingerprint density at radius 1 is 1.25 bits per heavy atom. The Kier molecular flexibility index (Phi) is 7.49. The standard InChI is InChI=1S/C18H27NO5/c1-22-17-5-3-14(4-6-17)12-24-13-16(20)11-19-9-7-15(8-10-19)18(21)23-2/h3-6,15-16,20H,7-13H2,1-2H3/t16-/m1/s1. The molecule has 1 aromatic rings. The average Bonchev–Trinajstić information content (AvgIpc) is 2.62. The number of benzene rings is 1. The van der Waals surface area contributed by atoms with Crippen molar-refractivity contribution in [3.63, 3.8) is 0 Å². The molecular formula is C18H27NO5. The van der Waals surface area contributed by atoms with Crippen LogP contribution in [-0.4, -0.2) is 62.5 Å². The molecule has 0 aliphatic carbocycles. The van der Waals surface area contributed by atoms with E-state index in [-0.39, 0.29) is 11.9 Å². The molecule has 1 atom stereocenters. The number of hydrogen-bond donors (Lipinski definition) is 1. The monoisotopic (exact) mass is 337 g/mol. The van der Waals surface area contributed by atoms with Crippen molar-refractivity contribution in [2.24, 2.45) is 5.92 Å². The lowest BCUT2D eigenvalue weighted by molar-refractivity contribution is -0.147. The van der Waals surface area contributed by atoms with Crippen LogP contribution in [0.1, 0.15) is 18.4 Å². The van der Waals surface area contributed by atoms with Crippen LogP contribution >= 0.6 is 0 Å². The van der Waals surface area contributed by atoms with Gasteiger partial charge in [-0.05, 0) is 43.6 Å².